The number of rotatable bonds is 4. The highest BCUT2D eigenvalue weighted by atomic mass is 16.5. The molecule has 0 spiro atoms. The molecule has 1 amide bonds. The van der Waals surface area contributed by atoms with Crippen LogP contribution >= 0.6 is 0 Å². The number of likely N-dealkylation sites (tertiary alicyclic amines) is 1. The van der Waals surface area contributed by atoms with Gasteiger partial charge in [0.05, 0.1) is 18.0 Å². The van der Waals surface area contributed by atoms with Crippen molar-refractivity contribution in [3.05, 3.63) is 60.4 Å². The molecule has 1 aliphatic carbocycles. The summed E-state index contributed by atoms with van der Waals surface area (Å²) in [5.41, 5.74) is 1.40. The Labute approximate surface area is 162 Å². The number of benzene rings is 1. The standard InChI is InChI=1S/C21H21N5O2/c27-18(11-15-5-2-1-3-6-15)26-13-16-7-4-8-21(16,14-26)20-24-19(25-28-20)17-12-22-9-10-23-17/h1-3,5-6,9-10,12,16H,4,7-8,11,13-14H2/t16-,21-/m1/s1. The van der Waals surface area contributed by atoms with Crippen LogP contribution in [0.15, 0.2) is 53.4 Å². The van der Waals surface area contributed by atoms with Crippen LogP contribution in [-0.2, 0) is 16.6 Å². The first-order valence-electron chi connectivity index (χ1n) is 9.67. The van der Waals surface area contributed by atoms with Crippen LogP contribution in [0.4, 0.5) is 0 Å². The molecule has 1 aliphatic heterocycles. The van der Waals surface area contributed by atoms with E-state index in [9.17, 15) is 4.79 Å². The van der Waals surface area contributed by atoms with E-state index in [1.165, 1.54) is 0 Å². The lowest BCUT2D eigenvalue weighted by Crippen LogP contribution is -2.35. The van der Waals surface area contributed by atoms with E-state index in [0.29, 0.717) is 36.3 Å². The molecule has 0 N–H and O–H groups in total. The number of hydrogen-bond donors (Lipinski definition) is 0. The molecule has 7 heteroatoms. The Hall–Kier alpha value is -3.09. The minimum Gasteiger partial charge on any atom is -0.341 e. The maximum atomic E-state index is 12.9. The Morgan fingerprint density at radius 2 is 2.14 bits per heavy atom. The second kappa shape index (κ2) is 6.82. The summed E-state index contributed by atoms with van der Waals surface area (Å²) < 4.78 is 5.69. The Morgan fingerprint density at radius 3 is 2.96 bits per heavy atom. The molecule has 0 bridgehead atoms. The summed E-state index contributed by atoms with van der Waals surface area (Å²) in [5, 5.41) is 4.13. The first-order chi connectivity index (χ1) is 13.7. The van der Waals surface area contributed by atoms with Gasteiger partial charge in [0.15, 0.2) is 0 Å². The highest BCUT2D eigenvalue weighted by molar-refractivity contribution is 5.79. The maximum Gasteiger partial charge on any atom is 0.235 e. The van der Waals surface area contributed by atoms with Crippen LogP contribution in [0.1, 0.15) is 30.7 Å². The third-order valence-corrected chi connectivity index (χ3v) is 6.07. The number of carbonyl (C=O) groups excluding carboxylic acids is 1. The molecule has 142 valence electrons. The molecule has 3 aromatic rings. The van der Waals surface area contributed by atoms with Gasteiger partial charge in [0, 0.05) is 25.5 Å². The van der Waals surface area contributed by atoms with Crippen molar-refractivity contribution >= 4 is 5.91 Å². The van der Waals surface area contributed by atoms with Gasteiger partial charge in [-0.25, -0.2) is 4.98 Å². The zero-order chi connectivity index (χ0) is 19.0. The average Bonchev–Trinajstić information content (AvgIpc) is 3.43. The van der Waals surface area contributed by atoms with Crippen LogP contribution in [0.2, 0.25) is 0 Å². The molecule has 3 heterocycles. The number of fused-ring (bicyclic) bond motifs is 1. The zero-order valence-corrected chi connectivity index (χ0v) is 15.5. The molecule has 0 unspecified atom stereocenters. The summed E-state index contributed by atoms with van der Waals surface area (Å²) >= 11 is 0. The molecule has 28 heavy (non-hydrogen) atoms. The number of carbonyl (C=O) groups is 1. The lowest BCUT2D eigenvalue weighted by molar-refractivity contribution is -0.129. The van der Waals surface area contributed by atoms with E-state index in [0.717, 1.165) is 31.4 Å². The maximum absolute atomic E-state index is 12.9. The van der Waals surface area contributed by atoms with Gasteiger partial charge in [-0.3, -0.25) is 9.78 Å². The Morgan fingerprint density at radius 1 is 1.25 bits per heavy atom. The van der Waals surface area contributed by atoms with E-state index in [4.69, 9.17) is 4.52 Å². The van der Waals surface area contributed by atoms with Crippen LogP contribution in [0, 0.1) is 5.92 Å². The van der Waals surface area contributed by atoms with E-state index >= 15 is 0 Å². The van der Waals surface area contributed by atoms with Crippen LogP contribution in [0.5, 0.6) is 0 Å². The van der Waals surface area contributed by atoms with Crippen LogP contribution in [0.25, 0.3) is 11.5 Å². The summed E-state index contributed by atoms with van der Waals surface area (Å²) in [6.45, 7) is 1.40. The minimum atomic E-state index is -0.236. The van der Waals surface area contributed by atoms with Crippen LogP contribution in [-0.4, -0.2) is 44.0 Å². The lowest BCUT2D eigenvalue weighted by atomic mass is 9.80. The molecular weight excluding hydrogens is 354 g/mol. The van der Waals surface area contributed by atoms with E-state index < -0.39 is 0 Å². The Balaban J connectivity index is 1.38. The third kappa shape index (κ3) is 2.87. The molecule has 2 aromatic heterocycles. The smallest absolute Gasteiger partial charge is 0.235 e. The molecule has 5 rings (SSSR count). The summed E-state index contributed by atoms with van der Waals surface area (Å²) in [6, 6.07) is 9.89. The van der Waals surface area contributed by atoms with Gasteiger partial charge in [-0.1, -0.05) is 41.9 Å². The molecular formula is C21H21N5O2. The van der Waals surface area contributed by atoms with Crippen molar-refractivity contribution in [2.24, 2.45) is 5.92 Å². The summed E-state index contributed by atoms with van der Waals surface area (Å²) in [7, 11) is 0. The minimum absolute atomic E-state index is 0.161. The van der Waals surface area contributed by atoms with E-state index in [1.54, 1.807) is 18.6 Å². The Kier molecular flexibility index (Phi) is 4.15. The zero-order valence-electron chi connectivity index (χ0n) is 15.5. The molecule has 2 atom stereocenters. The number of hydrogen-bond acceptors (Lipinski definition) is 6. The molecule has 1 aromatic carbocycles. The fourth-order valence-corrected chi connectivity index (χ4v) is 4.66. The molecule has 2 fully saturated rings. The van der Waals surface area contributed by atoms with Gasteiger partial charge >= 0.3 is 0 Å². The largest absolute Gasteiger partial charge is 0.341 e. The fraction of sp³-hybridized carbons (Fsp3) is 0.381. The van der Waals surface area contributed by atoms with Gasteiger partial charge in [-0.05, 0) is 24.3 Å². The lowest BCUT2D eigenvalue weighted by Gasteiger charge is -2.24. The summed E-state index contributed by atoms with van der Waals surface area (Å²) in [5.74, 6) is 1.61. The highest BCUT2D eigenvalue weighted by Crippen LogP contribution is 2.50. The molecule has 2 aliphatic rings. The molecule has 0 radical (unpaired) electrons. The second-order valence-corrected chi connectivity index (χ2v) is 7.70. The molecule has 1 saturated heterocycles. The summed E-state index contributed by atoms with van der Waals surface area (Å²) in [4.78, 5) is 27.8. The van der Waals surface area contributed by atoms with Crippen LogP contribution < -0.4 is 0 Å². The molecule has 7 nitrogen and oxygen atoms in total. The quantitative estimate of drug-likeness (QED) is 0.697. The van der Waals surface area contributed by atoms with E-state index in [2.05, 4.69) is 20.1 Å². The number of nitrogens with zero attached hydrogens (tertiary/aromatic N) is 5. The predicted molar refractivity (Wildman–Crippen MR) is 101 cm³/mol. The second-order valence-electron chi connectivity index (χ2n) is 7.70. The fourth-order valence-electron chi connectivity index (χ4n) is 4.66. The SMILES string of the molecule is O=C(Cc1ccccc1)N1C[C@H]2CCC[C@@]2(c2nc(-c3cnccn3)no2)C1. The van der Waals surface area contributed by atoms with Crippen molar-refractivity contribution in [3.63, 3.8) is 0 Å². The van der Waals surface area contributed by atoms with Gasteiger partial charge < -0.3 is 9.42 Å². The van der Waals surface area contributed by atoms with Crippen molar-refractivity contribution in [2.45, 2.75) is 31.1 Å². The van der Waals surface area contributed by atoms with E-state index in [1.807, 2.05) is 35.2 Å². The van der Waals surface area contributed by atoms with Crippen molar-refractivity contribution in [2.75, 3.05) is 13.1 Å². The van der Waals surface area contributed by atoms with Gasteiger partial charge in [-0.15, -0.1) is 0 Å². The third-order valence-electron chi connectivity index (χ3n) is 6.07. The topological polar surface area (TPSA) is 85.0 Å². The number of aromatic nitrogens is 4. The van der Waals surface area contributed by atoms with Crippen molar-refractivity contribution < 1.29 is 9.32 Å². The molecule has 1 saturated carbocycles. The highest BCUT2D eigenvalue weighted by Gasteiger charge is 2.55. The normalized spacial score (nSPS) is 23.7. The van der Waals surface area contributed by atoms with Crippen molar-refractivity contribution in [1.82, 2.24) is 25.0 Å². The van der Waals surface area contributed by atoms with Gasteiger partial charge in [-0.2, -0.15) is 4.98 Å². The average molecular weight is 375 g/mol. The van der Waals surface area contributed by atoms with Gasteiger partial charge in [0.1, 0.15) is 5.69 Å². The Bertz CT molecular complexity index is 975. The monoisotopic (exact) mass is 375 g/mol. The van der Waals surface area contributed by atoms with Crippen molar-refractivity contribution in [3.8, 4) is 11.5 Å². The van der Waals surface area contributed by atoms with Crippen LogP contribution in [0.3, 0.4) is 0 Å². The van der Waals surface area contributed by atoms with Gasteiger partial charge in [0.2, 0.25) is 17.6 Å². The summed E-state index contributed by atoms with van der Waals surface area (Å²) in [6.07, 6.45) is 8.45. The van der Waals surface area contributed by atoms with E-state index in [-0.39, 0.29) is 11.3 Å². The first-order valence-corrected chi connectivity index (χ1v) is 9.67. The predicted octanol–water partition coefficient (Wildman–Crippen LogP) is 2.65. The first kappa shape index (κ1) is 17.0. The van der Waals surface area contributed by atoms with Crippen molar-refractivity contribution in [1.29, 1.82) is 0 Å². The number of amides is 1. The van der Waals surface area contributed by atoms with Gasteiger partial charge in [0.25, 0.3) is 0 Å².